The second-order valence-electron chi connectivity index (χ2n) is 4.04. The van der Waals surface area contributed by atoms with Crippen molar-refractivity contribution in [2.45, 2.75) is 4.21 Å². The van der Waals surface area contributed by atoms with Gasteiger partial charge in [0.05, 0.1) is 8.81 Å². The summed E-state index contributed by atoms with van der Waals surface area (Å²) < 4.78 is 27.6. The number of nitrogens with one attached hydrogen (secondary N) is 1. The summed E-state index contributed by atoms with van der Waals surface area (Å²) in [5.41, 5.74) is 0. The normalized spacial score (nSPS) is 17.8. The molecule has 19 heavy (non-hydrogen) atoms. The van der Waals surface area contributed by atoms with Crippen LogP contribution < -0.4 is 4.72 Å². The first-order valence-electron chi connectivity index (χ1n) is 5.73. The van der Waals surface area contributed by atoms with Crippen molar-refractivity contribution in [3.05, 3.63) is 14.9 Å². The Kier molecular flexibility index (Phi) is 6.01. The predicted octanol–water partition coefficient (Wildman–Crippen LogP) is 2.49. The zero-order chi connectivity index (χ0) is 13.9. The largest absolute Gasteiger partial charge is 0.300 e. The summed E-state index contributed by atoms with van der Waals surface area (Å²) in [5, 5.41) is 0.429. The highest BCUT2D eigenvalue weighted by atomic mass is 79.9. The molecule has 0 saturated carbocycles. The molecule has 4 nitrogen and oxygen atoms in total. The molecule has 0 spiro atoms. The Morgan fingerprint density at radius 3 is 2.68 bits per heavy atom. The maximum atomic E-state index is 12.0. The predicted molar refractivity (Wildman–Crippen MR) is 86.0 cm³/mol. The van der Waals surface area contributed by atoms with Gasteiger partial charge < -0.3 is 4.90 Å². The molecule has 0 radical (unpaired) electrons. The van der Waals surface area contributed by atoms with Gasteiger partial charge in [-0.2, -0.15) is 11.8 Å². The lowest BCUT2D eigenvalue weighted by atomic mass is 10.5. The maximum Gasteiger partial charge on any atom is 0.250 e. The molecule has 0 aromatic carbocycles. The quantitative estimate of drug-likeness (QED) is 0.817. The van der Waals surface area contributed by atoms with Crippen molar-refractivity contribution < 1.29 is 8.42 Å². The molecular weight excluding hydrogens is 392 g/mol. The van der Waals surface area contributed by atoms with E-state index in [1.54, 1.807) is 0 Å². The summed E-state index contributed by atoms with van der Waals surface area (Å²) in [4.78, 5) is 2.27. The zero-order valence-corrected chi connectivity index (χ0v) is 14.9. The van der Waals surface area contributed by atoms with Crippen LogP contribution in [-0.4, -0.2) is 51.0 Å². The number of nitrogens with zero attached hydrogens (tertiary/aromatic N) is 1. The third-order valence-electron chi connectivity index (χ3n) is 2.71. The van der Waals surface area contributed by atoms with E-state index in [-0.39, 0.29) is 4.21 Å². The van der Waals surface area contributed by atoms with E-state index in [9.17, 15) is 8.42 Å². The van der Waals surface area contributed by atoms with Gasteiger partial charge >= 0.3 is 0 Å². The Hall–Kier alpha value is 0.690. The van der Waals surface area contributed by atoms with E-state index in [0.717, 1.165) is 42.5 Å². The van der Waals surface area contributed by atoms with Crippen molar-refractivity contribution in [2.75, 3.05) is 37.7 Å². The van der Waals surface area contributed by atoms with Gasteiger partial charge in [-0.1, -0.05) is 11.6 Å². The molecule has 0 aliphatic carbocycles. The average Bonchev–Trinajstić information content (AvgIpc) is 2.72. The van der Waals surface area contributed by atoms with E-state index in [0.29, 0.717) is 15.4 Å². The molecule has 9 heteroatoms. The van der Waals surface area contributed by atoms with Crippen LogP contribution in [0.2, 0.25) is 5.02 Å². The van der Waals surface area contributed by atoms with Crippen LogP contribution in [0.4, 0.5) is 0 Å². The fourth-order valence-electron chi connectivity index (χ4n) is 1.69. The molecule has 1 aliphatic rings. The Balaban J connectivity index is 1.87. The molecule has 0 bridgehead atoms. The van der Waals surface area contributed by atoms with Crippen molar-refractivity contribution in [2.24, 2.45) is 0 Å². The van der Waals surface area contributed by atoms with E-state index in [1.807, 2.05) is 11.8 Å². The molecule has 0 atom stereocenters. The Labute approximate surface area is 135 Å². The second-order valence-corrected chi connectivity index (χ2v) is 10.0. The van der Waals surface area contributed by atoms with Gasteiger partial charge in [-0.15, -0.1) is 11.3 Å². The topological polar surface area (TPSA) is 49.4 Å². The minimum Gasteiger partial charge on any atom is -0.300 e. The Morgan fingerprint density at radius 2 is 2.11 bits per heavy atom. The van der Waals surface area contributed by atoms with E-state index in [2.05, 4.69) is 25.6 Å². The summed E-state index contributed by atoms with van der Waals surface area (Å²) in [5.74, 6) is 2.25. The molecule has 1 aromatic rings. The standard InChI is InChI=1S/C10H14BrClN2O2S3/c11-10-8(12)7-9(18-10)19(15,16)13-1-2-14-3-5-17-6-4-14/h7,13H,1-6H2. The lowest BCUT2D eigenvalue weighted by Crippen LogP contribution is -2.39. The van der Waals surface area contributed by atoms with Gasteiger partial charge in [0.2, 0.25) is 10.0 Å². The van der Waals surface area contributed by atoms with Crippen molar-refractivity contribution in [3.63, 3.8) is 0 Å². The van der Waals surface area contributed by atoms with Gasteiger partial charge in [0.1, 0.15) is 4.21 Å². The van der Waals surface area contributed by atoms with Crippen molar-refractivity contribution in [3.8, 4) is 0 Å². The lowest BCUT2D eigenvalue weighted by Gasteiger charge is -2.25. The molecular formula is C10H14BrClN2O2S3. The van der Waals surface area contributed by atoms with Gasteiger partial charge in [0, 0.05) is 37.7 Å². The molecule has 1 saturated heterocycles. The smallest absolute Gasteiger partial charge is 0.250 e. The van der Waals surface area contributed by atoms with Crippen LogP contribution in [0.5, 0.6) is 0 Å². The third-order valence-corrected chi connectivity index (χ3v) is 8.06. The Bertz CT molecular complexity index is 509. The van der Waals surface area contributed by atoms with E-state index in [1.165, 1.54) is 6.07 Å². The first-order valence-corrected chi connectivity index (χ1v) is 10.4. The first kappa shape index (κ1) is 16.1. The number of thioether (sulfide) groups is 1. The highest BCUT2D eigenvalue weighted by Gasteiger charge is 2.19. The molecule has 1 fully saturated rings. The SMILES string of the molecule is O=S(=O)(NCCN1CCSCC1)c1cc(Cl)c(Br)s1. The van der Waals surface area contributed by atoms with Crippen LogP contribution in [0.25, 0.3) is 0 Å². The molecule has 1 aliphatic heterocycles. The van der Waals surface area contributed by atoms with Gasteiger partial charge in [0.15, 0.2) is 0 Å². The number of sulfonamides is 1. The van der Waals surface area contributed by atoms with Crippen LogP contribution in [0.1, 0.15) is 0 Å². The molecule has 1 aromatic heterocycles. The van der Waals surface area contributed by atoms with Gasteiger partial charge in [-0.05, 0) is 22.0 Å². The Morgan fingerprint density at radius 1 is 1.42 bits per heavy atom. The number of halogens is 2. The molecule has 0 unspecified atom stereocenters. The van der Waals surface area contributed by atoms with Crippen molar-refractivity contribution in [1.82, 2.24) is 9.62 Å². The number of hydrogen-bond donors (Lipinski definition) is 1. The fraction of sp³-hybridized carbons (Fsp3) is 0.600. The minimum absolute atomic E-state index is 0.249. The summed E-state index contributed by atoms with van der Waals surface area (Å²) in [6, 6.07) is 1.47. The number of hydrogen-bond acceptors (Lipinski definition) is 5. The average molecular weight is 406 g/mol. The van der Waals surface area contributed by atoms with E-state index in [4.69, 9.17) is 11.6 Å². The van der Waals surface area contributed by atoms with E-state index < -0.39 is 10.0 Å². The second kappa shape index (κ2) is 7.11. The fourth-order valence-corrected chi connectivity index (χ4v) is 6.14. The summed E-state index contributed by atoms with van der Waals surface area (Å²) in [6.07, 6.45) is 0. The molecule has 2 rings (SSSR count). The molecule has 2 heterocycles. The highest BCUT2D eigenvalue weighted by Crippen LogP contribution is 2.34. The van der Waals surface area contributed by atoms with Gasteiger partial charge in [-0.25, -0.2) is 13.1 Å². The first-order chi connectivity index (χ1) is 8.99. The molecule has 1 N–H and O–H groups in total. The molecule has 108 valence electrons. The van der Waals surface area contributed by atoms with E-state index >= 15 is 0 Å². The highest BCUT2D eigenvalue weighted by molar-refractivity contribution is 9.11. The molecule has 0 amide bonds. The van der Waals surface area contributed by atoms with Crippen LogP contribution >= 0.6 is 50.6 Å². The summed E-state index contributed by atoms with van der Waals surface area (Å²) in [6.45, 7) is 3.24. The van der Waals surface area contributed by atoms with Crippen LogP contribution in [-0.2, 0) is 10.0 Å². The number of thiophene rings is 1. The number of rotatable bonds is 5. The minimum atomic E-state index is -3.44. The monoisotopic (exact) mass is 404 g/mol. The van der Waals surface area contributed by atoms with Crippen molar-refractivity contribution in [1.29, 1.82) is 0 Å². The zero-order valence-electron chi connectivity index (χ0n) is 10.1. The van der Waals surface area contributed by atoms with Crippen molar-refractivity contribution >= 4 is 60.7 Å². The third kappa shape index (κ3) is 4.59. The van der Waals surface area contributed by atoms with Gasteiger partial charge in [0.25, 0.3) is 0 Å². The van der Waals surface area contributed by atoms with Crippen LogP contribution in [0.15, 0.2) is 14.1 Å². The maximum absolute atomic E-state index is 12.0. The summed E-state index contributed by atoms with van der Waals surface area (Å²) in [7, 11) is -3.44. The lowest BCUT2D eigenvalue weighted by molar-refractivity contribution is 0.307. The van der Waals surface area contributed by atoms with Crippen LogP contribution in [0.3, 0.4) is 0 Å². The van der Waals surface area contributed by atoms with Gasteiger partial charge in [-0.3, -0.25) is 0 Å². The van der Waals surface area contributed by atoms with Crippen LogP contribution in [0, 0.1) is 0 Å². The summed E-state index contributed by atoms with van der Waals surface area (Å²) >= 11 is 12.1.